The number of rotatable bonds is 5. The molecule has 2 aromatic carbocycles. The summed E-state index contributed by atoms with van der Waals surface area (Å²) in [6.07, 6.45) is 7.50. The average Bonchev–Trinajstić information content (AvgIpc) is 3.52. The maximum absolute atomic E-state index is 13.2. The third-order valence-electron chi connectivity index (χ3n) is 6.84. The molecular weight excluding hydrogens is 454 g/mol. The summed E-state index contributed by atoms with van der Waals surface area (Å²) in [5, 5.41) is 5.73. The summed E-state index contributed by atoms with van der Waals surface area (Å²) in [7, 11) is 0. The number of nitrogens with one attached hydrogen (secondary N) is 2. The zero-order chi connectivity index (χ0) is 25.1. The van der Waals surface area contributed by atoms with Gasteiger partial charge in [-0.05, 0) is 61.4 Å². The van der Waals surface area contributed by atoms with Gasteiger partial charge >= 0.3 is 12.0 Å². The molecule has 0 saturated heterocycles. The Hall–Kier alpha value is -4.00. The van der Waals surface area contributed by atoms with E-state index < -0.39 is 24.5 Å². The van der Waals surface area contributed by atoms with Gasteiger partial charge in [-0.15, -0.1) is 0 Å². The van der Waals surface area contributed by atoms with E-state index in [0.717, 1.165) is 54.5 Å². The fourth-order valence-corrected chi connectivity index (χ4v) is 5.03. The van der Waals surface area contributed by atoms with Gasteiger partial charge in [-0.25, -0.2) is 14.6 Å². The van der Waals surface area contributed by atoms with Gasteiger partial charge < -0.3 is 10.1 Å². The third-order valence-corrected chi connectivity index (χ3v) is 6.84. The molecule has 1 fully saturated rings. The van der Waals surface area contributed by atoms with Gasteiger partial charge in [0.1, 0.15) is 0 Å². The number of benzene rings is 2. The molecular formula is C29H29N3O4. The number of hydrogen-bond donors (Lipinski definition) is 2. The van der Waals surface area contributed by atoms with Crippen LogP contribution < -0.4 is 10.6 Å². The molecule has 36 heavy (non-hydrogen) atoms. The number of urea groups is 1. The Bertz CT molecular complexity index is 1350. The van der Waals surface area contributed by atoms with Gasteiger partial charge in [-0.2, -0.15) is 0 Å². The Labute approximate surface area is 209 Å². The van der Waals surface area contributed by atoms with Crippen LogP contribution in [0.15, 0.2) is 48.5 Å². The minimum Gasteiger partial charge on any atom is -0.452 e. The Morgan fingerprint density at radius 1 is 1.03 bits per heavy atom. The van der Waals surface area contributed by atoms with Gasteiger partial charge in [0, 0.05) is 11.4 Å². The lowest BCUT2D eigenvalue weighted by molar-refractivity contribution is -0.123. The molecule has 2 N–H and O–H groups in total. The molecule has 0 bridgehead atoms. The van der Waals surface area contributed by atoms with Crippen molar-refractivity contribution in [3.63, 3.8) is 0 Å². The second-order valence-corrected chi connectivity index (χ2v) is 9.49. The topological polar surface area (TPSA) is 97.4 Å². The van der Waals surface area contributed by atoms with E-state index in [9.17, 15) is 14.4 Å². The summed E-state index contributed by atoms with van der Waals surface area (Å²) < 4.78 is 5.38. The second-order valence-electron chi connectivity index (χ2n) is 9.49. The predicted octanol–water partition coefficient (Wildman–Crippen LogP) is 4.96. The maximum atomic E-state index is 13.2. The monoisotopic (exact) mass is 483 g/mol. The Kier molecular flexibility index (Phi) is 6.80. The first-order chi connectivity index (χ1) is 17.5. The van der Waals surface area contributed by atoms with Crippen LogP contribution in [0.1, 0.15) is 64.8 Å². The Morgan fingerprint density at radius 2 is 1.78 bits per heavy atom. The molecule has 1 saturated carbocycles. The molecule has 0 spiro atoms. The maximum Gasteiger partial charge on any atom is 0.339 e. The molecule has 7 nitrogen and oxygen atoms in total. The number of ether oxygens (including phenoxy) is 1. The van der Waals surface area contributed by atoms with Gasteiger partial charge in [0.15, 0.2) is 6.61 Å². The molecule has 2 aliphatic carbocycles. The van der Waals surface area contributed by atoms with E-state index in [0.29, 0.717) is 22.9 Å². The molecule has 3 aromatic rings. The predicted molar refractivity (Wildman–Crippen MR) is 138 cm³/mol. The third kappa shape index (κ3) is 5.15. The summed E-state index contributed by atoms with van der Waals surface area (Å²) in [6, 6.07) is 15.3. The quantitative estimate of drug-likeness (QED) is 0.500. The van der Waals surface area contributed by atoms with E-state index in [4.69, 9.17) is 9.72 Å². The molecule has 7 heteroatoms. The molecule has 0 aliphatic heterocycles. The molecule has 2 aliphatic rings. The molecule has 0 radical (unpaired) electrons. The van der Waals surface area contributed by atoms with Crippen LogP contribution in [0.2, 0.25) is 0 Å². The van der Waals surface area contributed by atoms with Crippen LogP contribution in [0.4, 0.5) is 4.79 Å². The van der Waals surface area contributed by atoms with Crippen LogP contribution in [0.3, 0.4) is 0 Å². The number of allylic oxidation sites excluding steroid dienone is 1. The van der Waals surface area contributed by atoms with Crippen LogP contribution in [0.5, 0.6) is 0 Å². The van der Waals surface area contributed by atoms with Gasteiger partial charge in [-0.1, -0.05) is 60.9 Å². The average molecular weight is 484 g/mol. The first-order valence-corrected chi connectivity index (χ1v) is 12.4. The largest absolute Gasteiger partial charge is 0.452 e. The van der Waals surface area contributed by atoms with Gasteiger partial charge in [0.2, 0.25) is 0 Å². The fraction of sp³-hybridized carbons (Fsp3) is 0.310. The van der Waals surface area contributed by atoms with Crippen molar-refractivity contribution in [3.05, 3.63) is 76.5 Å². The SMILES string of the molecule is Cc1ccc(/C=C2/CCc3c2nc2ccccc2c3C(=O)OCC(=O)NC(=O)NC2CCCC2)cc1. The molecule has 1 aromatic heterocycles. The van der Waals surface area contributed by atoms with Crippen molar-refractivity contribution >= 4 is 40.5 Å². The molecule has 3 amide bonds. The number of esters is 1. The lowest BCUT2D eigenvalue weighted by Gasteiger charge is -2.14. The van der Waals surface area contributed by atoms with Crippen molar-refractivity contribution in [2.24, 2.45) is 0 Å². The number of carbonyl (C=O) groups is 3. The zero-order valence-electron chi connectivity index (χ0n) is 20.3. The highest BCUT2D eigenvalue weighted by Crippen LogP contribution is 2.37. The number of pyridine rings is 1. The number of aromatic nitrogens is 1. The van der Waals surface area contributed by atoms with Crippen molar-refractivity contribution in [3.8, 4) is 0 Å². The highest BCUT2D eigenvalue weighted by molar-refractivity contribution is 6.08. The number of carbonyl (C=O) groups excluding carboxylic acids is 3. The summed E-state index contributed by atoms with van der Waals surface area (Å²) >= 11 is 0. The molecule has 0 atom stereocenters. The summed E-state index contributed by atoms with van der Waals surface area (Å²) in [4.78, 5) is 42.4. The highest BCUT2D eigenvalue weighted by atomic mass is 16.5. The van der Waals surface area contributed by atoms with Crippen LogP contribution in [-0.4, -0.2) is 35.5 Å². The van der Waals surface area contributed by atoms with E-state index in [2.05, 4.69) is 47.9 Å². The minimum absolute atomic E-state index is 0.0910. The Balaban J connectivity index is 1.35. The van der Waals surface area contributed by atoms with Crippen molar-refractivity contribution in [2.75, 3.05) is 6.61 Å². The lowest BCUT2D eigenvalue weighted by Crippen LogP contribution is -2.45. The molecule has 184 valence electrons. The number of fused-ring (bicyclic) bond motifs is 2. The highest BCUT2D eigenvalue weighted by Gasteiger charge is 2.28. The van der Waals surface area contributed by atoms with Gasteiger partial charge in [0.25, 0.3) is 5.91 Å². The molecule has 1 heterocycles. The number of hydrogen-bond acceptors (Lipinski definition) is 5. The van der Waals surface area contributed by atoms with E-state index in [1.165, 1.54) is 5.56 Å². The van der Waals surface area contributed by atoms with E-state index >= 15 is 0 Å². The number of imide groups is 1. The summed E-state index contributed by atoms with van der Waals surface area (Å²) in [5.74, 6) is -1.25. The zero-order valence-corrected chi connectivity index (χ0v) is 20.3. The summed E-state index contributed by atoms with van der Waals surface area (Å²) in [6.45, 7) is 1.52. The van der Waals surface area contributed by atoms with Crippen molar-refractivity contribution in [1.29, 1.82) is 0 Å². The van der Waals surface area contributed by atoms with Crippen LogP contribution in [0.25, 0.3) is 22.6 Å². The first kappa shape index (κ1) is 23.7. The lowest BCUT2D eigenvalue weighted by atomic mass is 10.0. The minimum atomic E-state index is -0.659. The van der Waals surface area contributed by atoms with Gasteiger partial charge in [0.05, 0.1) is 16.8 Å². The smallest absolute Gasteiger partial charge is 0.339 e. The van der Waals surface area contributed by atoms with Crippen LogP contribution in [-0.2, 0) is 16.0 Å². The number of amides is 3. The summed E-state index contributed by atoms with van der Waals surface area (Å²) in [5.41, 5.74) is 6.09. The standard InChI is InChI=1S/C29H29N3O4/c1-18-10-12-19(13-11-18)16-20-14-15-23-26(22-8-4-5-9-24(22)31-27(20)23)28(34)36-17-25(33)32-29(35)30-21-6-2-3-7-21/h4-5,8-13,16,21H,2-3,6-7,14-15,17H2,1H3,(H2,30,32,33,35)/b20-16-. The number of para-hydroxylation sites is 1. The van der Waals surface area contributed by atoms with Gasteiger partial charge in [-0.3, -0.25) is 10.1 Å². The van der Waals surface area contributed by atoms with Crippen LogP contribution in [0, 0.1) is 6.92 Å². The van der Waals surface area contributed by atoms with E-state index in [1.54, 1.807) is 0 Å². The number of nitrogens with zero attached hydrogens (tertiary/aromatic N) is 1. The van der Waals surface area contributed by atoms with Crippen LogP contribution >= 0.6 is 0 Å². The number of aryl methyl sites for hydroxylation is 1. The first-order valence-electron chi connectivity index (χ1n) is 12.4. The van der Waals surface area contributed by atoms with Crippen molar-refractivity contribution < 1.29 is 19.1 Å². The second kappa shape index (κ2) is 10.3. The normalized spacial score (nSPS) is 16.2. The van der Waals surface area contributed by atoms with E-state index in [1.807, 2.05) is 24.3 Å². The fourth-order valence-electron chi connectivity index (χ4n) is 5.03. The van der Waals surface area contributed by atoms with Crippen molar-refractivity contribution in [2.45, 2.75) is 51.5 Å². The molecule has 5 rings (SSSR count). The van der Waals surface area contributed by atoms with Crippen molar-refractivity contribution in [1.82, 2.24) is 15.6 Å². The molecule has 0 unspecified atom stereocenters. The van der Waals surface area contributed by atoms with E-state index in [-0.39, 0.29) is 6.04 Å². The Morgan fingerprint density at radius 3 is 2.56 bits per heavy atom.